The summed E-state index contributed by atoms with van der Waals surface area (Å²) in [5.74, 6) is 2.08. The van der Waals surface area contributed by atoms with Crippen LogP contribution in [0.2, 0.25) is 10.0 Å². The summed E-state index contributed by atoms with van der Waals surface area (Å²) in [5.41, 5.74) is -0.976. The Morgan fingerprint density at radius 2 is 1.19 bits per heavy atom. The van der Waals surface area contributed by atoms with Crippen LogP contribution in [0.4, 0.5) is 16.4 Å². The van der Waals surface area contributed by atoms with E-state index in [9.17, 15) is 24.9 Å². The van der Waals surface area contributed by atoms with Crippen LogP contribution >= 0.6 is 23.2 Å². The number of piperazine rings is 2. The van der Waals surface area contributed by atoms with E-state index in [-0.39, 0.29) is 48.2 Å². The number of benzene rings is 2. The number of amides is 3. The van der Waals surface area contributed by atoms with Gasteiger partial charge in [0.2, 0.25) is 0 Å². The number of hydrogen-bond acceptors (Lipinski definition) is 13. The molecule has 3 amide bonds. The number of hydrogen-bond donors (Lipinski definition) is 3. The van der Waals surface area contributed by atoms with Crippen LogP contribution in [0.3, 0.4) is 0 Å². The molecule has 386 valence electrons. The zero-order valence-corrected chi connectivity index (χ0v) is 44.8. The molecular weight excluding hydrogens is 968 g/mol. The Kier molecular flexibility index (Phi) is 14.6. The number of anilines is 2. The third-order valence-corrected chi connectivity index (χ3v) is 15.9. The zero-order valence-electron chi connectivity index (χ0n) is 43.3. The predicted molar refractivity (Wildman–Crippen MR) is 280 cm³/mol. The summed E-state index contributed by atoms with van der Waals surface area (Å²) in [6.45, 7) is 24.3. The van der Waals surface area contributed by atoms with Crippen LogP contribution in [0, 0.1) is 44.3 Å². The molecule has 8 rings (SSSR count). The van der Waals surface area contributed by atoms with Crippen molar-refractivity contribution in [2.24, 2.45) is 21.7 Å². The van der Waals surface area contributed by atoms with Gasteiger partial charge in [-0.3, -0.25) is 9.59 Å². The molecule has 2 unspecified atom stereocenters. The minimum atomic E-state index is -0.598. The molecule has 0 spiro atoms. The number of ether oxygens (including phenoxy) is 3. The molecule has 2 saturated carbocycles. The van der Waals surface area contributed by atoms with Crippen LogP contribution in [-0.4, -0.2) is 115 Å². The molecular formula is C55H66Cl2N10O6. The van der Waals surface area contributed by atoms with E-state index in [1.165, 1.54) is 0 Å². The lowest BCUT2D eigenvalue weighted by Gasteiger charge is -2.65. The highest BCUT2D eigenvalue weighted by atomic mass is 35.5. The molecule has 3 N–H and O–H groups in total. The second kappa shape index (κ2) is 20.2. The zero-order chi connectivity index (χ0) is 52.8. The van der Waals surface area contributed by atoms with Crippen LogP contribution in [0.15, 0.2) is 73.1 Å². The van der Waals surface area contributed by atoms with Crippen molar-refractivity contribution in [2.45, 2.75) is 112 Å². The molecule has 4 atom stereocenters. The number of halogens is 2. The highest BCUT2D eigenvalue weighted by molar-refractivity contribution is 6.32. The van der Waals surface area contributed by atoms with Crippen molar-refractivity contribution < 1.29 is 28.6 Å². The van der Waals surface area contributed by atoms with Gasteiger partial charge in [0, 0.05) is 110 Å². The summed E-state index contributed by atoms with van der Waals surface area (Å²) >= 11 is 12.8. The van der Waals surface area contributed by atoms with Gasteiger partial charge >= 0.3 is 6.09 Å². The van der Waals surface area contributed by atoms with Gasteiger partial charge in [-0.1, -0.05) is 71.7 Å². The minimum absolute atomic E-state index is 0.0371. The fraction of sp³-hybridized carbons (Fsp3) is 0.509. The molecule has 2 saturated heterocycles. The molecule has 4 fully saturated rings. The molecule has 18 heteroatoms. The first-order chi connectivity index (χ1) is 34.3. The normalized spacial score (nSPS) is 24.9. The summed E-state index contributed by atoms with van der Waals surface area (Å²) in [7, 11) is 0. The average molecular weight is 1030 g/mol. The molecule has 2 aliphatic carbocycles. The lowest BCUT2D eigenvalue weighted by molar-refractivity contribution is -0.180. The number of nitriles is 2. The molecule has 73 heavy (non-hydrogen) atoms. The van der Waals surface area contributed by atoms with Crippen LogP contribution in [0.1, 0.15) is 108 Å². The summed E-state index contributed by atoms with van der Waals surface area (Å²) in [6.07, 6.45) is 2.90. The van der Waals surface area contributed by atoms with Gasteiger partial charge in [0.1, 0.15) is 53.1 Å². The van der Waals surface area contributed by atoms with Crippen LogP contribution in [0.25, 0.3) is 0 Å². The maximum atomic E-state index is 14.2. The molecule has 0 radical (unpaired) electrons. The van der Waals surface area contributed by atoms with E-state index in [0.29, 0.717) is 96.0 Å². The first-order valence-corrected chi connectivity index (χ1v) is 25.6. The third kappa shape index (κ3) is 10.7. The van der Waals surface area contributed by atoms with Gasteiger partial charge in [0.25, 0.3) is 11.8 Å². The van der Waals surface area contributed by atoms with E-state index < -0.39 is 27.3 Å². The summed E-state index contributed by atoms with van der Waals surface area (Å²) in [5, 5.41) is 29.8. The molecule has 16 nitrogen and oxygen atoms in total. The average Bonchev–Trinajstić information content (AvgIpc) is 3.35. The third-order valence-electron chi connectivity index (χ3n) is 15.2. The van der Waals surface area contributed by atoms with Gasteiger partial charge in [-0.2, -0.15) is 10.5 Å². The van der Waals surface area contributed by atoms with Crippen LogP contribution in [-0.2, 0) is 4.74 Å². The molecule has 0 bridgehead atoms. The SMILES string of the molecule is CC(C)(C)OC(=O)N1CCN(c2ccc(C(=O)N[C@@H]3C(C)(C)[C@@H](Oc4ccc(C#N)c(Cl)c4)C3(C)CC3CN(c4ccc(C(=O)NC5C(C)(C)C(Oc6ccc(C#N)c(Cl)c6)C5(C)C)cn4)CCN3)cn2)CC1. The van der Waals surface area contributed by atoms with E-state index in [1.807, 2.05) is 39.0 Å². The lowest BCUT2D eigenvalue weighted by Crippen LogP contribution is -2.77. The quantitative estimate of drug-likeness (QED) is 0.122. The Morgan fingerprint density at radius 3 is 1.67 bits per heavy atom. The number of rotatable bonds is 12. The topological polar surface area (TPSA) is 198 Å². The molecule has 4 aromatic rings. The van der Waals surface area contributed by atoms with Crippen LogP contribution < -0.4 is 35.2 Å². The Morgan fingerprint density at radius 1 is 0.699 bits per heavy atom. The lowest BCUT2D eigenvalue weighted by atomic mass is 9.46. The molecule has 4 aliphatic rings. The van der Waals surface area contributed by atoms with Crippen molar-refractivity contribution in [3.63, 3.8) is 0 Å². The number of nitrogens with one attached hydrogen (secondary N) is 3. The number of carbonyl (C=O) groups excluding carboxylic acids is 3. The highest BCUT2D eigenvalue weighted by Crippen LogP contribution is 2.59. The van der Waals surface area contributed by atoms with Gasteiger partial charge in [0.15, 0.2) is 0 Å². The molecule has 2 aliphatic heterocycles. The van der Waals surface area contributed by atoms with E-state index in [0.717, 1.165) is 11.6 Å². The monoisotopic (exact) mass is 1030 g/mol. The van der Waals surface area contributed by atoms with E-state index in [2.05, 4.69) is 91.3 Å². The fourth-order valence-electron chi connectivity index (χ4n) is 12.1. The van der Waals surface area contributed by atoms with Crippen molar-refractivity contribution in [1.29, 1.82) is 10.5 Å². The highest BCUT2D eigenvalue weighted by Gasteiger charge is 2.67. The Labute approximate surface area is 438 Å². The number of pyridine rings is 2. The van der Waals surface area contributed by atoms with Gasteiger partial charge in [0.05, 0.1) is 32.3 Å². The largest absolute Gasteiger partial charge is 0.489 e. The number of nitrogens with zero attached hydrogens (tertiary/aromatic N) is 7. The van der Waals surface area contributed by atoms with Crippen molar-refractivity contribution in [1.82, 2.24) is 30.8 Å². The minimum Gasteiger partial charge on any atom is -0.489 e. The number of aromatic nitrogens is 2. The van der Waals surface area contributed by atoms with Crippen molar-refractivity contribution in [3.05, 3.63) is 105 Å². The van der Waals surface area contributed by atoms with Crippen molar-refractivity contribution in [3.8, 4) is 23.6 Å². The van der Waals surface area contributed by atoms with Gasteiger partial charge < -0.3 is 44.9 Å². The van der Waals surface area contributed by atoms with Gasteiger partial charge in [-0.15, -0.1) is 0 Å². The summed E-state index contributed by atoms with van der Waals surface area (Å²) < 4.78 is 18.8. The first-order valence-electron chi connectivity index (χ1n) is 24.8. The van der Waals surface area contributed by atoms with E-state index in [4.69, 9.17) is 42.4 Å². The second-order valence-electron chi connectivity index (χ2n) is 22.9. The summed E-state index contributed by atoms with van der Waals surface area (Å²) in [4.78, 5) is 56.1. The van der Waals surface area contributed by atoms with E-state index in [1.54, 1.807) is 59.8 Å². The smallest absolute Gasteiger partial charge is 0.410 e. The predicted octanol–water partition coefficient (Wildman–Crippen LogP) is 8.66. The standard InChI is InChI=1S/C55H66Cl2N10O6/c1-51(2,3)73-50(70)66-23-21-65(22-24-66)42-17-13-36(30-61-42)45(69)64-47-54(8,9)49(72-39-16-12-34(29-59)41(57)26-39)55(47,10)27-37-32-67(20-19-60-37)43-18-14-35(31-62-43)44(68)63-46-52(4,5)48(53(46,6)7)71-38-15-11-33(28-58)40(56)25-38/h11-18,25-26,30-31,37,46-49,60H,19-24,27,32H2,1-10H3,(H,63,68)(H,64,69)/t37?,46?,47-,48?,49-,55?/m1/s1. The van der Waals surface area contributed by atoms with Crippen LogP contribution in [0.5, 0.6) is 11.5 Å². The molecule has 2 aromatic heterocycles. The number of carbonyl (C=O) groups is 3. The Hall–Kier alpha value is -6.33. The van der Waals surface area contributed by atoms with Gasteiger partial charge in [-0.25, -0.2) is 14.8 Å². The maximum absolute atomic E-state index is 14.2. The Balaban J connectivity index is 0.930. The van der Waals surface area contributed by atoms with Gasteiger partial charge in [-0.05, 0) is 75.7 Å². The summed E-state index contributed by atoms with van der Waals surface area (Å²) in [6, 6.07) is 21.0. The van der Waals surface area contributed by atoms with E-state index >= 15 is 0 Å². The molecule has 4 heterocycles. The maximum Gasteiger partial charge on any atom is 0.410 e. The Bertz CT molecular complexity index is 2800. The second-order valence-corrected chi connectivity index (χ2v) is 23.7. The fourth-order valence-corrected chi connectivity index (χ4v) is 12.6. The van der Waals surface area contributed by atoms with Crippen molar-refractivity contribution in [2.75, 3.05) is 55.6 Å². The molecule has 2 aromatic carbocycles. The first kappa shape index (κ1) is 53.0. The van der Waals surface area contributed by atoms with Crippen molar-refractivity contribution >= 4 is 52.7 Å².